The summed E-state index contributed by atoms with van der Waals surface area (Å²) < 4.78 is 10.2. The summed E-state index contributed by atoms with van der Waals surface area (Å²) >= 11 is 3.10. The molecule has 0 saturated heterocycles. The highest BCUT2D eigenvalue weighted by molar-refractivity contribution is 9.10. The summed E-state index contributed by atoms with van der Waals surface area (Å²) in [5.41, 5.74) is 0.502. The predicted molar refractivity (Wildman–Crippen MR) is 72.3 cm³/mol. The molecule has 5 nitrogen and oxygen atoms in total. The number of aliphatic hydroxyl groups excluding tert-OH is 1. The Labute approximate surface area is 119 Å². The maximum atomic E-state index is 11.1. The van der Waals surface area contributed by atoms with Gasteiger partial charge in [0.05, 0.1) is 0 Å². The fraction of sp³-hybridized carbons (Fsp3) is 0.385. The fourth-order valence-corrected chi connectivity index (χ4v) is 1.39. The van der Waals surface area contributed by atoms with E-state index in [1.165, 1.54) is 0 Å². The molecule has 0 saturated carbocycles. The van der Waals surface area contributed by atoms with Gasteiger partial charge in [-0.3, -0.25) is 4.79 Å². The molecule has 104 valence electrons. The number of alkyl halides is 1. The topological polar surface area (TPSA) is 72.8 Å². The Morgan fingerprint density at radius 2 is 2.00 bits per heavy atom. The van der Waals surface area contributed by atoms with Crippen molar-refractivity contribution in [2.24, 2.45) is 0 Å². The van der Waals surface area contributed by atoms with Crippen molar-refractivity contribution >= 4 is 28.2 Å². The summed E-state index contributed by atoms with van der Waals surface area (Å²) in [6.45, 7) is 2.08. The number of carbonyl (C=O) groups is 2. The van der Waals surface area contributed by atoms with Gasteiger partial charge in [-0.2, -0.15) is 0 Å². The van der Waals surface area contributed by atoms with Crippen molar-refractivity contribution < 1.29 is 24.2 Å². The van der Waals surface area contributed by atoms with Gasteiger partial charge in [-0.15, -0.1) is 0 Å². The lowest BCUT2D eigenvalue weighted by molar-refractivity contribution is -0.143. The van der Waals surface area contributed by atoms with Crippen LogP contribution in [0.3, 0.4) is 0 Å². The van der Waals surface area contributed by atoms with E-state index in [2.05, 4.69) is 15.9 Å². The Morgan fingerprint density at radius 3 is 2.53 bits per heavy atom. The molecular formula is C13H15BrO5. The first kappa shape index (κ1) is 15.7. The van der Waals surface area contributed by atoms with Gasteiger partial charge in [0.15, 0.2) is 6.29 Å². The second-order valence-electron chi connectivity index (χ2n) is 3.78. The third-order valence-corrected chi connectivity index (χ3v) is 2.65. The summed E-state index contributed by atoms with van der Waals surface area (Å²) in [4.78, 5) is 21.2. The molecule has 19 heavy (non-hydrogen) atoms. The molecule has 0 aliphatic carbocycles. The molecule has 0 aliphatic heterocycles. The van der Waals surface area contributed by atoms with Crippen LogP contribution in [0.2, 0.25) is 0 Å². The van der Waals surface area contributed by atoms with Crippen LogP contribution in [-0.2, 0) is 14.3 Å². The second kappa shape index (κ2) is 7.91. The number of hydrogen-bond donors (Lipinski definition) is 1. The molecule has 0 radical (unpaired) electrons. The number of halogens is 1. The van der Waals surface area contributed by atoms with Gasteiger partial charge in [0.2, 0.25) is 0 Å². The zero-order chi connectivity index (χ0) is 14.3. The Morgan fingerprint density at radius 1 is 1.37 bits per heavy atom. The average Bonchev–Trinajstić information content (AvgIpc) is 2.43. The minimum absolute atomic E-state index is 0.160. The van der Waals surface area contributed by atoms with Crippen molar-refractivity contribution in [2.45, 2.75) is 17.9 Å². The zero-order valence-electron chi connectivity index (χ0n) is 10.4. The van der Waals surface area contributed by atoms with Gasteiger partial charge in [-0.25, -0.2) is 0 Å². The molecule has 0 bridgehead atoms. The van der Waals surface area contributed by atoms with Gasteiger partial charge in [0, 0.05) is 0 Å². The molecule has 0 aromatic heterocycles. The summed E-state index contributed by atoms with van der Waals surface area (Å²) in [6.07, 6.45) is -0.660. The number of aliphatic hydroxyl groups is 1. The minimum atomic E-state index is -1.12. The molecule has 0 amide bonds. The Hall–Kier alpha value is -1.40. The van der Waals surface area contributed by atoms with Crippen molar-refractivity contribution in [3.8, 4) is 5.75 Å². The van der Waals surface area contributed by atoms with E-state index in [0.717, 1.165) is 0 Å². The van der Waals surface area contributed by atoms with Crippen molar-refractivity contribution in [2.75, 3.05) is 13.2 Å². The molecule has 2 unspecified atom stereocenters. The fourth-order valence-electron chi connectivity index (χ4n) is 1.26. The van der Waals surface area contributed by atoms with Gasteiger partial charge < -0.3 is 19.4 Å². The first-order valence-electron chi connectivity index (χ1n) is 5.71. The maximum absolute atomic E-state index is 11.1. The standard InChI is InChI=1S/C13H15BrO5/c1-9(14)13(17)19-7-6-18-11-4-2-10(3-5-11)12(16)8-15/h2-5,8-9,12,16H,6-7H2,1H3. The van der Waals surface area contributed by atoms with E-state index in [1.54, 1.807) is 31.2 Å². The van der Waals surface area contributed by atoms with Gasteiger partial charge >= 0.3 is 5.97 Å². The lowest BCUT2D eigenvalue weighted by Crippen LogP contribution is -2.17. The van der Waals surface area contributed by atoms with Crippen molar-refractivity contribution in [3.05, 3.63) is 29.8 Å². The molecule has 1 aromatic carbocycles. The highest BCUT2D eigenvalue weighted by atomic mass is 79.9. The highest BCUT2D eigenvalue weighted by Gasteiger charge is 2.09. The quantitative estimate of drug-likeness (QED) is 0.356. The highest BCUT2D eigenvalue weighted by Crippen LogP contribution is 2.16. The smallest absolute Gasteiger partial charge is 0.319 e. The Balaban J connectivity index is 2.34. The van der Waals surface area contributed by atoms with E-state index in [0.29, 0.717) is 17.6 Å². The predicted octanol–water partition coefficient (Wildman–Crippen LogP) is 1.62. The number of esters is 1. The molecule has 2 atom stereocenters. The van der Waals surface area contributed by atoms with Gasteiger partial charge in [-0.05, 0) is 24.6 Å². The first-order valence-corrected chi connectivity index (χ1v) is 6.63. The molecule has 1 N–H and O–H groups in total. The van der Waals surface area contributed by atoms with E-state index in [4.69, 9.17) is 9.47 Å². The molecular weight excluding hydrogens is 316 g/mol. The molecule has 1 aromatic rings. The zero-order valence-corrected chi connectivity index (χ0v) is 12.0. The van der Waals surface area contributed by atoms with Gasteiger partial charge in [0.1, 0.15) is 29.9 Å². The molecule has 6 heteroatoms. The van der Waals surface area contributed by atoms with E-state index in [1.807, 2.05) is 0 Å². The summed E-state index contributed by atoms with van der Waals surface area (Å²) in [5.74, 6) is 0.234. The van der Waals surface area contributed by atoms with Crippen LogP contribution in [0.5, 0.6) is 5.75 Å². The molecule has 0 fully saturated rings. The summed E-state index contributed by atoms with van der Waals surface area (Å²) in [6, 6.07) is 6.47. The number of aldehydes is 1. The van der Waals surface area contributed by atoms with E-state index in [9.17, 15) is 14.7 Å². The van der Waals surface area contributed by atoms with Crippen LogP contribution in [-0.4, -0.2) is 35.4 Å². The summed E-state index contributed by atoms with van der Waals surface area (Å²) in [7, 11) is 0. The number of carbonyl (C=O) groups excluding carboxylic acids is 2. The van der Waals surface area contributed by atoms with E-state index < -0.39 is 6.10 Å². The lowest BCUT2D eigenvalue weighted by Gasteiger charge is -2.09. The molecule has 0 heterocycles. The second-order valence-corrected chi connectivity index (χ2v) is 5.16. The SMILES string of the molecule is CC(Br)C(=O)OCCOc1ccc(C(O)C=O)cc1. The average molecular weight is 331 g/mol. The number of hydrogen-bond acceptors (Lipinski definition) is 5. The van der Waals surface area contributed by atoms with Crippen LogP contribution in [0, 0.1) is 0 Å². The van der Waals surface area contributed by atoms with Crippen LogP contribution in [0.25, 0.3) is 0 Å². The van der Waals surface area contributed by atoms with Crippen molar-refractivity contribution in [3.63, 3.8) is 0 Å². The molecule has 0 aliphatic rings. The van der Waals surface area contributed by atoms with Crippen LogP contribution in [0.1, 0.15) is 18.6 Å². The van der Waals surface area contributed by atoms with Crippen LogP contribution in [0.4, 0.5) is 0 Å². The maximum Gasteiger partial charge on any atom is 0.319 e. The van der Waals surface area contributed by atoms with Crippen LogP contribution < -0.4 is 4.74 Å². The van der Waals surface area contributed by atoms with Crippen molar-refractivity contribution in [1.82, 2.24) is 0 Å². The largest absolute Gasteiger partial charge is 0.490 e. The van der Waals surface area contributed by atoms with Crippen molar-refractivity contribution in [1.29, 1.82) is 0 Å². The Kier molecular flexibility index (Phi) is 6.52. The van der Waals surface area contributed by atoms with Crippen LogP contribution >= 0.6 is 15.9 Å². The molecule has 1 rings (SSSR count). The number of rotatable bonds is 7. The third kappa shape index (κ3) is 5.40. The first-order chi connectivity index (χ1) is 9.04. The van der Waals surface area contributed by atoms with E-state index in [-0.39, 0.29) is 24.0 Å². The lowest BCUT2D eigenvalue weighted by atomic mass is 10.1. The Bertz CT molecular complexity index is 416. The van der Waals surface area contributed by atoms with Crippen LogP contribution in [0.15, 0.2) is 24.3 Å². The normalized spacial score (nSPS) is 13.4. The monoisotopic (exact) mass is 330 g/mol. The van der Waals surface area contributed by atoms with Gasteiger partial charge in [0.25, 0.3) is 0 Å². The third-order valence-electron chi connectivity index (χ3n) is 2.27. The summed E-state index contributed by atoms with van der Waals surface area (Å²) in [5, 5.41) is 9.28. The van der Waals surface area contributed by atoms with Gasteiger partial charge in [-0.1, -0.05) is 28.1 Å². The van der Waals surface area contributed by atoms with E-state index >= 15 is 0 Å². The molecule has 0 spiro atoms. The number of benzene rings is 1. The number of ether oxygens (including phenoxy) is 2. The minimum Gasteiger partial charge on any atom is -0.490 e.